The van der Waals surface area contributed by atoms with Crippen molar-refractivity contribution >= 4 is 18.4 Å². The summed E-state index contributed by atoms with van der Waals surface area (Å²) in [5.41, 5.74) is 0. The Morgan fingerprint density at radius 3 is 2.23 bits per heavy atom. The van der Waals surface area contributed by atoms with E-state index in [1.54, 1.807) is 12.1 Å². The first-order valence-corrected chi connectivity index (χ1v) is 3.97. The Balaban J connectivity index is 0.00000144. The van der Waals surface area contributed by atoms with Crippen molar-refractivity contribution in [3.05, 3.63) is 30.3 Å². The van der Waals surface area contributed by atoms with Crippen molar-refractivity contribution in [2.45, 2.75) is 13.8 Å². The molecule has 0 radical (unpaired) electrons. The van der Waals surface area contributed by atoms with Gasteiger partial charge in [0.25, 0.3) is 0 Å². The quantitative estimate of drug-likeness (QED) is 0.542. The average Bonchev–Trinajstić information content (AvgIpc) is 2.06. The fraction of sp³-hybridized carbons (Fsp3) is 0.300. The van der Waals surface area contributed by atoms with E-state index in [0.717, 1.165) is 0 Å². The summed E-state index contributed by atoms with van der Waals surface area (Å²) in [6.45, 7) is 3.62. The molecule has 0 atom stereocenters. The van der Waals surface area contributed by atoms with Gasteiger partial charge >= 0.3 is 5.97 Å². The number of halogens is 1. The Hall–Kier alpha value is -1.02. The highest BCUT2D eigenvalue weighted by molar-refractivity contribution is 5.85. The number of ether oxygens (including phenoxy) is 1. The zero-order chi connectivity index (χ0) is 8.97. The van der Waals surface area contributed by atoms with Crippen LogP contribution >= 0.6 is 12.4 Å². The highest BCUT2D eigenvalue weighted by Gasteiger charge is 2.08. The number of benzene rings is 1. The first-order valence-electron chi connectivity index (χ1n) is 3.97. The van der Waals surface area contributed by atoms with Gasteiger partial charge in [-0.3, -0.25) is 4.79 Å². The number of esters is 1. The molecule has 0 aliphatic heterocycles. The topological polar surface area (TPSA) is 26.3 Å². The van der Waals surface area contributed by atoms with E-state index in [1.165, 1.54) is 0 Å². The van der Waals surface area contributed by atoms with Gasteiger partial charge in [0.05, 0.1) is 5.92 Å². The second-order valence-electron chi connectivity index (χ2n) is 2.89. The molecule has 72 valence electrons. The molecule has 0 bridgehead atoms. The average molecular weight is 201 g/mol. The van der Waals surface area contributed by atoms with Gasteiger partial charge in [-0.2, -0.15) is 0 Å². The largest absolute Gasteiger partial charge is 0.426 e. The van der Waals surface area contributed by atoms with Crippen molar-refractivity contribution < 1.29 is 9.53 Å². The molecule has 0 aliphatic carbocycles. The lowest BCUT2D eigenvalue weighted by atomic mass is 10.2. The van der Waals surface area contributed by atoms with Crippen LogP contribution in [0.1, 0.15) is 13.8 Å². The Bertz CT molecular complexity index is 257. The lowest BCUT2D eigenvalue weighted by Crippen LogP contribution is -2.14. The molecule has 0 aromatic heterocycles. The summed E-state index contributed by atoms with van der Waals surface area (Å²) >= 11 is 0. The van der Waals surface area contributed by atoms with Gasteiger partial charge in [0.1, 0.15) is 5.75 Å². The Kier molecular flexibility index (Phi) is 5.16. The summed E-state index contributed by atoms with van der Waals surface area (Å²) in [5.74, 6) is 0.336. The first-order chi connectivity index (χ1) is 5.70. The molecule has 2 nitrogen and oxygen atoms in total. The highest BCUT2D eigenvalue weighted by atomic mass is 35.5. The number of hydrogen-bond acceptors (Lipinski definition) is 2. The van der Waals surface area contributed by atoms with Gasteiger partial charge in [-0.25, -0.2) is 0 Å². The van der Waals surface area contributed by atoms with Crippen LogP contribution in [0.25, 0.3) is 0 Å². The lowest BCUT2D eigenvalue weighted by Gasteiger charge is -2.05. The van der Waals surface area contributed by atoms with E-state index < -0.39 is 0 Å². The molecule has 0 heterocycles. The van der Waals surface area contributed by atoms with Crippen molar-refractivity contribution in [3.8, 4) is 5.75 Å². The van der Waals surface area contributed by atoms with Crippen molar-refractivity contribution in [1.29, 1.82) is 0 Å². The van der Waals surface area contributed by atoms with Crippen LogP contribution in [-0.4, -0.2) is 5.97 Å². The minimum Gasteiger partial charge on any atom is -0.426 e. The first kappa shape index (κ1) is 12.0. The van der Waals surface area contributed by atoms with E-state index in [4.69, 9.17) is 4.74 Å². The van der Waals surface area contributed by atoms with Gasteiger partial charge in [0.2, 0.25) is 0 Å². The number of carbonyl (C=O) groups excluding carboxylic acids is 1. The summed E-state index contributed by atoms with van der Waals surface area (Å²) in [6, 6.07) is 9.08. The SMILES string of the molecule is CC(C)C(=O)Oc1ccccc1.Cl. The molecular weight excluding hydrogens is 188 g/mol. The Labute approximate surface area is 84.3 Å². The summed E-state index contributed by atoms with van der Waals surface area (Å²) in [5, 5.41) is 0. The fourth-order valence-electron chi connectivity index (χ4n) is 0.723. The maximum Gasteiger partial charge on any atom is 0.313 e. The van der Waals surface area contributed by atoms with Crippen LogP contribution in [0.5, 0.6) is 5.75 Å². The van der Waals surface area contributed by atoms with Crippen LogP contribution in [0.15, 0.2) is 30.3 Å². The third kappa shape index (κ3) is 3.95. The molecule has 1 aromatic carbocycles. The standard InChI is InChI=1S/C10H12O2.ClH/c1-8(2)10(11)12-9-6-4-3-5-7-9;/h3-8H,1-2H3;1H. The van der Waals surface area contributed by atoms with Gasteiger partial charge in [0, 0.05) is 0 Å². The zero-order valence-corrected chi connectivity index (χ0v) is 8.51. The molecule has 1 aromatic rings. The highest BCUT2D eigenvalue weighted by Crippen LogP contribution is 2.10. The molecule has 0 fully saturated rings. The van der Waals surface area contributed by atoms with Crippen LogP contribution in [0, 0.1) is 5.92 Å². The smallest absolute Gasteiger partial charge is 0.313 e. The molecule has 1 rings (SSSR count). The van der Waals surface area contributed by atoms with Crippen molar-refractivity contribution in [3.63, 3.8) is 0 Å². The minimum atomic E-state index is -0.193. The predicted molar refractivity (Wildman–Crippen MR) is 54.2 cm³/mol. The number of carbonyl (C=O) groups is 1. The molecule has 3 heteroatoms. The number of hydrogen-bond donors (Lipinski definition) is 0. The van der Waals surface area contributed by atoms with Crippen molar-refractivity contribution in [2.75, 3.05) is 0 Å². The lowest BCUT2D eigenvalue weighted by molar-refractivity contribution is -0.137. The van der Waals surface area contributed by atoms with E-state index in [2.05, 4.69) is 0 Å². The molecule has 0 amide bonds. The van der Waals surface area contributed by atoms with E-state index in [9.17, 15) is 4.79 Å². The molecule has 0 N–H and O–H groups in total. The molecule has 0 saturated heterocycles. The second kappa shape index (κ2) is 5.60. The minimum absolute atomic E-state index is 0. The summed E-state index contributed by atoms with van der Waals surface area (Å²) < 4.78 is 5.04. The summed E-state index contributed by atoms with van der Waals surface area (Å²) in [7, 11) is 0. The van der Waals surface area contributed by atoms with E-state index in [0.29, 0.717) is 5.75 Å². The zero-order valence-electron chi connectivity index (χ0n) is 7.69. The van der Waals surface area contributed by atoms with E-state index in [-0.39, 0.29) is 24.3 Å². The van der Waals surface area contributed by atoms with Crippen LogP contribution in [0.2, 0.25) is 0 Å². The molecular formula is C10H13ClO2. The Morgan fingerprint density at radius 1 is 1.23 bits per heavy atom. The normalized spacial score (nSPS) is 9.15. The van der Waals surface area contributed by atoms with Crippen LogP contribution in [0.4, 0.5) is 0 Å². The van der Waals surface area contributed by atoms with Gasteiger partial charge in [-0.05, 0) is 12.1 Å². The molecule has 0 aliphatic rings. The third-order valence-corrected chi connectivity index (χ3v) is 1.43. The van der Waals surface area contributed by atoms with Crippen LogP contribution in [-0.2, 0) is 4.79 Å². The third-order valence-electron chi connectivity index (χ3n) is 1.43. The maximum atomic E-state index is 11.1. The predicted octanol–water partition coefficient (Wildman–Crippen LogP) is 2.67. The van der Waals surface area contributed by atoms with Gasteiger partial charge in [0.15, 0.2) is 0 Å². The number of para-hydroxylation sites is 1. The van der Waals surface area contributed by atoms with Gasteiger partial charge < -0.3 is 4.74 Å². The molecule has 13 heavy (non-hydrogen) atoms. The fourth-order valence-corrected chi connectivity index (χ4v) is 0.723. The maximum absolute atomic E-state index is 11.1. The van der Waals surface area contributed by atoms with Crippen molar-refractivity contribution in [2.24, 2.45) is 5.92 Å². The monoisotopic (exact) mass is 200 g/mol. The molecule has 0 spiro atoms. The molecule has 0 saturated carbocycles. The van der Waals surface area contributed by atoms with Crippen molar-refractivity contribution in [1.82, 2.24) is 0 Å². The number of rotatable bonds is 2. The molecule has 0 unspecified atom stereocenters. The summed E-state index contributed by atoms with van der Waals surface area (Å²) in [6.07, 6.45) is 0. The van der Waals surface area contributed by atoms with E-state index >= 15 is 0 Å². The van der Waals surface area contributed by atoms with Gasteiger partial charge in [-0.15, -0.1) is 12.4 Å². The van der Waals surface area contributed by atoms with Crippen LogP contribution < -0.4 is 4.74 Å². The van der Waals surface area contributed by atoms with E-state index in [1.807, 2.05) is 32.0 Å². The summed E-state index contributed by atoms with van der Waals surface area (Å²) in [4.78, 5) is 11.1. The van der Waals surface area contributed by atoms with Gasteiger partial charge in [-0.1, -0.05) is 32.0 Å². The van der Waals surface area contributed by atoms with Crippen LogP contribution in [0.3, 0.4) is 0 Å². The second-order valence-corrected chi connectivity index (χ2v) is 2.89. The Morgan fingerprint density at radius 2 is 1.77 bits per heavy atom.